The topological polar surface area (TPSA) is 38.8 Å². The molecule has 0 unspecified atom stereocenters. The average molecular weight is 520 g/mol. The number of rotatable bonds is 6. The zero-order valence-electron chi connectivity index (χ0n) is 17.2. The van der Waals surface area contributed by atoms with Gasteiger partial charge in [0.25, 0.3) is 5.91 Å². The Labute approximate surface area is 209 Å². The minimum absolute atomic E-state index is 0.0794. The summed E-state index contributed by atoms with van der Waals surface area (Å²) in [6, 6.07) is 16.5. The molecule has 3 aromatic carbocycles. The van der Waals surface area contributed by atoms with Crippen LogP contribution in [0, 0.1) is 5.82 Å². The molecule has 1 aliphatic rings. The molecule has 1 heterocycles. The van der Waals surface area contributed by atoms with Crippen molar-refractivity contribution in [2.45, 2.75) is 6.61 Å². The second kappa shape index (κ2) is 10.1. The Bertz CT molecular complexity index is 1240. The summed E-state index contributed by atoms with van der Waals surface area (Å²) in [5.74, 6) is 0.166. The van der Waals surface area contributed by atoms with Gasteiger partial charge in [0.05, 0.1) is 22.7 Å². The molecule has 33 heavy (non-hydrogen) atoms. The van der Waals surface area contributed by atoms with Crippen LogP contribution in [0.4, 0.5) is 10.1 Å². The van der Waals surface area contributed by atoms with Crippen LogP contribution in [0.2, 0.25) is 10.0 Å². The molecule has 168 valence electrons. The molecule has 1 fully saturated rings. The minimum Gasteiger partial charge on any atom is -0.493 e. The van der Waals surface area contributed by atoms with E-state index >= 15 is 0 Å². The van der Waals surface area contributed by atoms with Crippen LogP contribution >= 0.6 is 47.2 Å². The Morgan fingerprint density at radius 1 is 1.09 bits per heavy atom. The molecule has 4 rings (SSSR count). The van der Waals surface area contributed by atoms with E-state index in [2.05, 4.69) is 0 Å². The number of thioether (sulfide) groups is 1. The number of carbonyl (C=O) groups is 1. The van der Waals surface area contributed by atoms with Gasteiger partial charge in [-0.2, -0.15) is 0 Å². The zero-order chi connectivity index (χ0) is 23.5. The van der Waals surface area contributed by atoms with E-state index in [1.165, 1.54) is 35.9 Å². The van der Waals surface area contributed by atoms with E-state index in [-0.39, 0.29) is 23.1 Å². The SMILES string of the molecule is COc1ccc(/C=C2/SC(=S)N(c3ccc(Cl)cc3)C2=O)cc1OCc1c(F)cccc1Cl. The number of nitrogens with zero attached hydrogens (tertiary/aromatic N) is 1. The third-order valence-corrected chi connectivity index (χ3v) is 6.71. The van der Waals surface area contributed by atoms with Crippen LogP contribution < -0.4 is 14.4 Å². The van der Waals surface area contributed by atoms with E-state index in [1.807, 2.05) is 0 Å². The summed E-state index contributed by atoms with van der Waals surface area (Å²) >= 11 is 18.7. The summed E-state index contributed by atoms with van der Waals surface area (Å²) in [4.78, 5) is 14.9. The monoisotopic (exact) mass is 519 g/mol. The second-order valence-electron chi connectivity index (χ2n) is 6.89. The highest BCUT2D eigenvalue weighted by Gasteiger charge is 2.33. The van der Waals surface area contributed by atoms with Gasteiger partial charge in [0.1, 0.15) is 12.4 Å². The molecule has 0 aliphatic carbocycles. The first-order valence-electron chi connectivity index (χ1n) is 9.64. The molecule has 0 bridgehead atoms. The van der Waals surface area contributed by atoms with Gasteiger partial charge in [-0.3, -0.25) is 9.69 Å². The Balaban J connectivity index is 1.59. The molecule has 0 spiro atoms. The van der Waals surface area contributed by atoms with Crippen LogP contribution in [0.3, 0.4) is 0 Å². The fourth-order valence-electron chi connectivity index (χ4n) is 3.15. The van der Waals surface area contributed by atoms with Gasteiger partial charge in [0.15, 0.2) is 15.8 Å². The number of ether oxygens (including phenoxy) is 2. The van der Waals surface area contributed by atoms with Crippen molar-refractivity contribution in [1.82, 2.24) is 0 Å². The molecule has 3 aromatic rings. The Kier molecular flexibility index (Phi) is 7.24. The lowest BCUT2D eigenvalue weighted by Crippen LogP contribution is -2.27. The molecule has 0 saturated carbocycles. The summed E-state index contributed by atoms with van der Waals surface area (Å²) in [5, 5.41) is 0.846. The Morgan fingerprint density at radius 3 is 2.55 bits per heavy atom. The van der Waals surface area contributed by atoms with Crippen molar-refractivity contribution >= 4 is 69.2 Å². The lowest BCUT2D eigenvalue weighted by Gasteiger charge is -2.14. The summed E-state index contributed by atoms with van der Waals surface area (Å²) in [5.41, 5.74) is 1.59. The maximum absolute atomic E-state index is 14.1. The van der Waals surface area contributed by atoms with Crippen LogP contribution in [0.5, 0.6) is 11.5 Å². The number of thiocarbonyl (C=S) groups is 1. The van der Waals surface area contributed by atoms with Gasteiger partial charge in [-0.1, -0.05) is 59.3 Å². The lowest BCUT2D eigenvalue weighted by molar-refractivity contribution is -0.113. The number of benzene rings is 3. The van der Waals surface area contributed by atoms with Crippen molar-refractivity contribution in [2.24, 2.45) is 0 Å². The van der Waals surface area contributed by atoms with Crippen molar-refractivity contribution in [3.8, 4) is 11.5 Å². The number of anilines is 1. The average Bonchev–Trinajstić information content (AvgIpc) is 3.07. The summed E-state index contributed by atoms with van der Waals surface area (Å²) in [6.45, 7) is -0.0794. The fraction of sp³-hybridized carbons (Fsp3) is 0.0833. The van der Waals surface area contributed by atoms with Gasteiger partial charge < -0.3 is 9.47 Å². The molecule has 0 N–H and O–H groups in total. The maximum Gasteiger partial charge on any atom is 0.270 e. The van der Waals surface area contributed by atoms with Crippen LogP contribution in [-0.2, 0) is 11.4 Å². The normalized spacial score (nSPS) is 14.8. The van der Waals surface area contributed by atoms with Crippen LogP contribution in [0.1, 0.15) is 11.1 Å². The quantitative estimate of drug-likeness (QED) is 0.256. The van der Waals surface area contributed by atoms with Crippen molar-refractivity contribution in [1.29, 1.82) is 0 Å². The predicted octanol–water partition coefficient (Wildman–Crippen LogP) is 7.13. The van der Waals surface area contributed by atoms with Gasteiger partial charge >= 0.3 is 0 Å². The van der Waals surface area contributed by atoms with Crippen molar-refractivity contribution < 1.29 is 18.7 Å². The number of halogens is 3. The number of hydrogen-bond acceptors (Lipinski definition) is 5. The molecule has 1 aliphatic heterocycles. The molecule has 4 nitrogen and oxygen atoms in total. The molecule has 0 radical (unpaired) electrons. The largest absolute Gasteiger partial charge is 0.493 e. The van der Waals surface area contributed by atoms with E-state index in [1.54, 1.807) is 54.6 Å². The molecule has 1 saturated heterocycles. The number of amides is 1. The van der Waals surface area contributed by atoms with Crippen LogP contribution in [0.25, 0.3) is 6.08 Å². The molecular formula is C24H16Cl2FNO3S2. The summed E-state index contributed by atoms with van der Waals surface area (Å²) in [6.07, 6.45) is 1.72. The number of hydrogen-bond donors (Lipinski definition) is 0. The van der Waals surface area contributed by atoms with Crippen molar-refractivity contribution in [2.75, 3.05) is 12.0 Å². The third kappa shape index (κ3) is 5.17. The van der Waals surface area contributed by atoms with Gasteiger partial charge in [0.2, 0.25) is 0 Å². The first kappa shape index (κ1) is 23.6. The van der Waals surface area contributed by atoms with E-state index < -0.39 is 5.82 Å². The van der Waals surface area contributed by atoms with Gasteiger partial charge in [0, 0.05) is 10.6 Å². The lowest BCUT2D eigenvalue weighted by atomic mass is 10.1. The Morgan fingerprint density at radius 2 is 1.85 bits per heavy atom. The van der Waals surface area contributed by atoms with Crippen molar-refractivity contribution in [3.63, 3.8) is 0 Å². The first-order chi connectivity index (χ1) is 15.9. The highest BCUT2D eigenvalue weighted by atomic mass is 35.5. The molecule has 0 atom stereocenters. The maximum atomic E-state index is 14.1. The summed E-state index contributed by atoms with van der Waals surface area (Å²) < 4.78 is 25.7. The Hall–Kier alpha value is -2.58. The third-order valence-electron chi connectivity index (χ3n) is 4.80. The van der Waals surface area contributed by atoms with Crippen LogP contribution in [-0.4, -0.2) is 17.3 Å². The van der Waals surface area contributed by atoms with Gasteiger partial charge in [-0.25, -0.2) is 4.39 Å². The minimum atomic E-state index is -0.455. The van der Waals surface area contributed by atoms with E-state index in [0.29, 0.717) is 37.0 Å². The van der Waals surface area contributed by atoms with Crippen LogP contribution in [0.15, 0.2) is 65.6 Å². The predicted molar refractivity (Wildman–Crippen MR) is 136 cm³/mol. The zero-order valence-corrected chi connectivity index (χ0v) is 20.3. The van der Waals surface area contributed by atoms with Gasteiger partial charge in [-0.15, -0.1) is 0 Å². The highest BCUT2D eigenvalue weighted by molar-refractivity contribution is 8.27. The standard InChI is InChI=1S/C24H16Cl2FNO3S2/c1-30-20-10-5-14(11-21(20)31-13-17-18(26)3-2-4-19(17)27)12-22-23(29)28(24(32)33-22)16-8-6-15(25)7-9-16/h2-12H,13H2,1H3/b22-12+. The fourth-order valence-corrected chi connectivity index (χ4v) is 4.79. The van der Waals surface area contributed by atoms with E-state index in [0.717, 1.165) is 0 Å². The molecule has 0 aromatic heterocycles. The number of carbonyl (C=O) groups excluding carboxylic acids is 1. The molecular weight excluding hydrogens is 504 g/mol. The van der Waals surface area contributed by atoms with E-state index in [4.69, 9.17) is 44.9 Å². The highest BCUT2D eigenvalue weighted by Crippen LogP contribution is 2.37. The summed E-state index contributed by atoms with van der Waals surface area (Å²) in [7, 11) is 1.51. The smallest absolute Gasteiger partial charge is 0.270 e. The molecule has 9 heteroatoms. The van der Waals surface area contributed by atoms with E-state index in [9.17, 15) is 9.18 Å². The number of methoxy groups -OCH3 is 1. The van der Waals surface area contributed by atoms with Gasteiger partial charge in [-0.05, 0) is 60.2 Å². The molecule has 1 amide bonds. The second-order valence-corrected chi connectivity index (χ2v) is 9.41. The first-order valence-corrected chi connectivity index (χ1v) is 11.6. The van der Waals surface area contributed by atoms with Crippen molar-refractivity contribution in [3.05, 3.63) is 92.6 Å².